The zero-order valence-corrected chi connectivity index (χ0v) is 11.0. The fourth-order valence-corrected chi connectivity index (χ4v) is 2.26. The van der Waals surface area contributed by atoms with Gasteiger partial charge in [-0.2, -0.15) is 0 Å². The van der Waals surface area contributed by atoms with Crippen LogP contribution < -0.4 is 4.72 Å². The molecule has 1 unspecified atom stereocenters. The monoisotopic (exact) mass is 297 g/mol. The van der Waals surface area contributed by atoms with Gasteiger partial charge in [-0.25, -0.2) is 8.42 Å². The van der Waals surface area contributed by atoms with E-state index in [9.17, 15) is 13.2 Å². The summed E-state index contributed by atoms with van der Waals surface area (Å²) in [6.07, 6.45) is 0. The number of halogens is 2. The number of carbonyl (C=O) groups is 1. The third kappa shape index (κ3) is 3.49. The predicted octanol–water partition coefficient (Wildman–Crippen LogP) is 2.21. The molecule has 0 fully saturated rings. The molecule has 0 aliphatic heterocycles. The van der Waals surface area contributed by atoms with Gasteiger partial charge in [-0.15, -0.1) is 0 Å². The van der Waals surface area contributed by atoms with Crippen LogP contribution in [0.4, 0.5) is 5.69 Å². The number of hydrogen-bond acceptors (Lipinski definition) is 3. The Morgan fingerprint density at radius 1 is 1.41 bits per heavy atom. The highest BCUT2D eigenvalue weighted by Gasteiger charge is 2.28. The Kier molecular flexibility index (Phi) is 4.24. The van der Waals surface area contributed by atoms with Crippen molar-refractivity contribution in [2.24, 2.45) is 0 Å². The molecule has 0 radical (unpaired) electrons. The third-order valence-electron chi connectivity index (χ3n) is 1.99. The SMILES string of the molecule is CC(C(=O)O)S(=O)(=O)Nc1cc(Cl)ccc1Cl. The second-order valence-electron chi connectivity index (χ2n) is 3.25. The van der Waals surface area contributed by atoms with Gasteiger partial charge in [0.25, 0.3) is 0 Å². The summed E-state index contributed by atoms with van der Waals surface area (Å²) in [5, 5.41) is 7.48. The summed E-state index contributed by atoms with van der Waals surface area (Å²) in [7, 11) is -4.04. The van der Waals surface area contributed by atoms with E-state index in [-0.39, 0.29) is 15.7 Å². The molecular formula is C9H9Cl2NO4S. The molecule has 0 saturated carbocycles. The van der Waals surface area contributed by atoms with E-state index in [0.29, 0.717) is 0 Å². The molecule has 0 bridgehead atoms. The lowest BCUT2D eigenvalue weighted by Gasteiger charge is -2.12. The topological polar surface area (TPSA) is 83.5 Å². The number of carboxylic acids is 1. The molecule has 94 valence electrons. The van der Waals surface area contributed by atoms with Crippen molar-refractivity contribution in [2.75, 3.05) is 4.72 Å². The maximum atomic E-state index is 11.6. The van der Waals surface area contributed by atoms with Gasteiger partial charge in [0, 0.05) is 5.02 Å². The highest BCUT2D eigenvalue weighted by molar-refractivity contribution is 7.94. The van der Waals surface area contributed by atoms with Crippen molar-refractivity contribution in [3.8, 4) is 0 Å². The molecule has 1 atom stereocenters. The molecule has 5 nitrogen and oxygen atoms in total. The minimum absolute atomic E-state index is 0.0484. The Balaban J connectivity index is 3.06. The van der Waals surface area contributed by atoms with Gasteiger partial charge in [0.15, 0.2) is 5.25 Å². The van der Waals surface area contributed by atoms with Gasteiger partial charge in [0.1, 0.15) is 0 Å². The number of benzene rings is 1. The van der Waals surface area contributed by atoms with E-state index in [1.54, 1.807) is 0 Å². The Hall–Kier alpha value is -0.980. The van der Waals surface area contributed by atoms with Crippen molar-refractivity contribution >= 4 is 44.9 Å². The lowest BCUT2D eigenvalue weighted by Crippen LogP contribution is -2.32. The maximum absolute atomic E-state index is 11.6. The van der Waals surface area contributed by atoms with Crippen molar-refractivity contribution in [2.45, 2.75) is 12.2 Å². The first-order chi connectivity index (χ1) is 7.74. The van der Waals surface area contributed by atoms with Gasteiger partial charge in [-0.05, 0) is 25.1 Å². The average Bonchev–Trinajstić information content (AvgIpc) is 2.21. The average molecular weight is 298 g/mol. The van der Waals surface area contributed by atoms with Gasteiger partial charge in [-0.3, -0.25) is 9.52 Å². The van der Waals surface area contributed by atoms with Gasteiger partial charge in [0.2, 0.25) is 10.0 Å². The maximum Gasteiger partial charge on any atom is 0.323 e. The van der Waals surface area contributed by atoms with Crippen LogP contribution in [-0.2, 0) is 14.8 Å². The van der Waals surface area contributed by atoms with Crippen LogP contribution in [0.1, 0.15) is 6.92 Å². The van der Waals surface area contributed by atoms with Crippen LogP contribution in [0, 0.1) is 0 Å². The number of sulfonamides is 1. The Morgan fingerprint density at radius 3 is 2.53 bits per heavy atom. The van der Waals surface area contributed by atoms with E-state index in [4.69, 9.17) is 28.3 Å². The Morgan fingerprint density at radius 2 is 2.00 bits per heavy atom. The van der Waals surface area contributed by atoms with Gasteiger partial charge in [0.05, 0.1) is 10.7 Å². The van der Waals surface area contributed by atoms with Crippen LogP contribution in [0.3, 0.4) is 0 Å². The molecule has 2 N–H and O–H groups in total. The summed E-state index contributed by atoms with van der Waals surface area (Å²) >= 11 is 11.4. The third-order valence-corrected chi connectivity index (χ3v) is 4.20. The smallest absolute Gasteiger partial charge is 0.323 e. The lowest BCUT2D eigenvalue weighted by molar-refractivity contribution is -0.136. The number of aliphatic carboxylic acids is 1. The first-order valence-electron chi connectivity index (χ1n) is 4.43. The molecule has 0 heterocycles. The molecular weight excluding hydrogens is 289 g/mol. The van der Waals surface area contributed by atoms with Crippen molar-refractivity contribution in [3.63, 3.8) is 0 Å². The molecule has 1 aromatic rings. The fourth-order valence-electron chi connectivity index (χ4n) is 0.950. The number of rotatable bonds is 4. The summed E-state index contributed by atoms with van der Waals surface area (Å²) in [6.45, 7) is 1.06. The van der Waals surface area contributed by atoms with Gasteiger partial charge < -0.3 is 5.11 Å². The minimum Gasteiger partial charge on any atom is -0.480 e. The number of nitrogens with one attached hydrogen (secondary N) is 1. The zero-order chi connectivity index (χ0) is 13.2. The minimum atomic E-state index is -4.04. The van der Waals surface area contributed by atoms with Crippen LogP contribution >= 0.6 is 23.2 Å². The molecule has 0 aliphatic carbocycles. The molecule has 1 aromatic carbocycles. The quantitative estimate of drug-likeness (QED) is 0.892. The summed E-state index contributed by atoms with van der Waals surface area (Å²) in [5.74, 6) is -1.45. The van der Waals surface area contributed by atoms with Crippen LogP contribution in [0.25, 0.3) is 0 Å². The highest BCUT2D eigenvalue weighted by atomic mass is 35.5. The van der Waals surface area contributed by atoms with E-state index < -0.39 is 21.2 Å². The Labute approximate surface area is 108 Å². The molecule has 0 amide bonds. The summed E-state index contributed by atoms with van der Waals surface area (Å²) in [5.41, 5.74) is 0.0484. The first-order valence-corrected chi connectivity index (χ1v) is 6.74. The molecule has 17 heavy (non-hydrogen) atoms. The number of anilines is 1. The van der Waals surface area contributed by atoms with Crippen molar-refractivity contribution in [3.05, 3.63) is 28.2 Å². The normalized spacial score (nSPS) is 13.1. The molecule has 0 saturated heterocycles. The second kappa shape index (κ2) is 5.12. The fraction of sp³-hybridized carbons (Fsp3) is 0.222. The largest absolute Gasteiger partial charge is 0.480 e. The number of hydrogen-bond donors (Lipinski definition) is 2. The molecule has 8 heteroatoms. The van der Waals surface area contributed by atoms with E-state index in [1.165, 1.54) is 18.2 Å². The molecule has 1 rings (SSSR count). The van der Waals surface area contributed by atoms with Crippen LogP contribution in [0.5, 0.6) is 0 Å². The van der Waals surface area contributed by atoms with E-state index in [2.05, 4.69) is 4.72 Å². The number of carboxylic acid groups (broad SMARTS) is 1. The standard InChI is InChI=1S/C9H9Cl2NO4S/c1-5(9(13)14)17(15,16)12-8-4-6(10)2-3-7(8)11/h2-5,12H,1H3,(H,13,14). The molecule has 0 aromatic heterocycles. The van der Waals surface area contributed by atoms with Crippen LogP contribution in [0.2, 0.25) is 10.0 Å². The van der Waals surface area contributed by atoms with Gasteiger partial charge >= 0.3 is 5.97 Å². The predicted molar refractivity (Wildman–Crippen MR) is 66.1 cm³/mol. The summed E-state index contributed by atoms with van der Waals surface area (Å²) in [4.78, 5) is 10.6. The molecule has 0 aliphatic rings. The summed E-state index contributed by atoms with van der Waals surface area (Å²) in [6, 6.07) is 4.20. The van der Waals surface area contributed by atoms with Crippen molar-refractivity contribution in [1.29, 1.82) is 0 Å². The molecule has 0 spiro atoms. The van der Waals surface area contributed by atoms with E-state index in [1.807, 2.05) is 0 Å². The summed E-state index contributed by atoms with van der Waals surface area (Å²) < 4.78 is 25.3. The highest BCUT2D eigenvalue weighted by Crippen LogP contribution is 2.26. The first kappa shape index (κ1) is 14.1. The zero-order valence-electron chi connectivity index (χ0n) is 8.65. The second-order valence-corrected chi connectivity index (χ2v) is 6.10. The van der Waals surface area contributed by atoms with Crippen molar-refractivity contribution < 1.29 is 18.3 Å². The van der Waals surface area contributed by atoms with Crippen LogP contribution in [-0.4, -0.2) is 24.7 Å². The van der Waals surface area contributed by atoms with Crippen molar-refractivity contribution in [1.82, 2.24) is 0 Å². The Bertz CT molecular complexity index is 544. The van der Waals surface area contributed by atoms with Gasteiger partial charge in [-0.1, -0.05) is 23.2 Å². The van der Waals surface area contributed by atoms with E-state index in [0.717, 1.165) is 6.92 Å². The van der Waals surface area contributed by atoms with E-state index >= 15 is 0 Å². The lowest BCUT2D eigenvalue weighted by atomic mass is 10.3. The van der Waals surface area contributed by atoms with Crippen LogP contribution in [0.15, 0.2) is 18.2 Å².